The first kappa shape index (κ1) is 78.9. The number of rotatable bonds is 12. The van der Waals surface area contributed by atoms with Gasteiger partial charge in [-0.2, -0.15) is 0 Å². The van der Waals surface area contributed by atoms with Gasteiger partial charge in [0.2, 0.25) is 0 Å². The normalized spacial score (nSPS) is 39.2. The number of aromatic amines is 2. The van der Waals surface area contributed by atoms with Gasteiger partial charge in [-0.1, -0.05) is 135 Å². The zero-order valence-electron chi connectivity index (χ0n) is 62.5. The number of ketones is 6. The van der Waals surface area contributed by atoms with E-state index in [1.807, 2.05) is 45.1 Å². The maximum absolute atomic E-state index is 13.7. The largest absolute Gasteiger partial charge is 0.393 e. The van der Waals surface area contributed by atoms with Gasteiger partial charge in [0, 0.05) is 67.3 Å². The number of aromatic nitrogens is 4. The molecule has 2 heterocycles. The summed E-state index contributed by atoms with van der Waals surface area (Å²) in [6.45, 7) is 16.4. The highest BCUT2D eigenvalue weighted by Gasteiger charge is 2.71. The van der Waals surface area contributed by atoms with Crippen molar-refractivity contribution < 1.29 is 68.2 Å². The Kier molecular flexibility index (Phi) is 20.4. The molecule has 9 saturated carbocycles. The number of aryl methyl sites for hydroxylation is 2. The van der Waals surface area contributed by atoms with Crippen LogP contribution in [0.4, 0.5) is 8.78 Å². The molecule has 5 aromatic rings. The Morgan fingerprint density at radius 2 is 0.817 bits per heavy atom. The number of aliphatic hydroxyl groups is 6. The van der Waals surface area contributed by atoms with Gasteiger partial charge in [0.05, 0.1) is 72.7 Å². The second-order valence-corrected chi connectivity index (χ2v) is 39.2. The summed E-state index contributed by atoms with van der Waals surface area (Å²) in [4.78, 5) is 92.5. The van der Waals surface area contributed by atoms with Gasteiger partial charge in [-0.25, -0.2) is 18.7 Å². The molecule has 24 heteroatoms. The maximum atomic E-state index is 13.7. The van der Waals surface area contributed by atoms with E-state index in [4.69, 9.17) is 34.8 Å². The molecule has 16 nitrogen and oxygen atoms in total. The number of carbonyl (C=O) groups excluding carboxylic acids is 6. The zero-order valence-corrected chi connectivity index (χ0v) is 67.2. The summed E-state index contributed by atoms with van der Waals surface area (Å²) in [7, 11) is 0. The topological polar surface area (TPSA) is 281 Å². The van der Waals surface area contributed by atoms with E-state index in [-0.39, 0.29) is 122 Å². The van der Waals surface area contributed by atoms with Crippen molar-refractivity contribution >= 4 is 127 Å². The Morgan fingerprint density at radius 1 is 0.477 bits per heavy atom. The van der Waals surface area contributed by atoms with Crippen LogP contribution < -0.4 is 0 Å². The highest BCUT2D eigenvalue weighted by atomic mass is 35.5. The van der Waals surface area contributed by atoms with E-state index in [1.165, 1.54) is 34.7 Å². The molecule has 3 aromatic carbocycles. The van der Waals surface area contributed by atoms with Gasteiger partial charge in [0.15, 0.2) is 56.6 Å². The van der Waals surface area contributed by atoms with Gasteiger partial charge in [0.25, 0.3) is 0 Å². The van der Waals surface area contributed by atoms with Crippen LogP contribution in [0.25, 0.3) is 22.1 Å². The fourth-order valence-electron chi connectivity index (χ4n) is 24.1. The third-order valence-electron chi connectivity index (χ3n) is 29.9. The summed E-state index contributed by atoms with van der Waals surface area (Å²) in [6.07, 6.45) is 23.2. The minimum Gasteiger partial charge on any atom is -0.393 e. The van der Waals surface area contributed by atoms with Crippen molar-refractivity contribution in [1.29, 1.82) is 0 Å². The lowest BCUT2D eigenvalue weighted by atomic mass is 9.46. The Bertz CT molecular complexity index is 4600. The molecular weight excluding hydrogens is 1510 g/mol. The molecule has 17 rings (SSSR count). The number of nitrogens with one attached hydrogen (secondary N) is 2. The van der Waals surface area contributed by atoms with Crippen molar-refractivity contribution in [2.24, 2.45) is 85.8 Å². The third kappa shape index (κ3) is 12.6. The molecule has 15 unspecified atom stereocenters. The van der Waals surface area contributed by atoms with E-state index in [0.29, 0.717) is 80.7 Å². The Hall–Kier alpha value is -5.40. The first-order valence-corrected chi connectivity index (χ1v) is 42.4. The van der Waals surface area contributed by atoms with Crippen LogP contribution in [-0.4, -0.2) is 138 Å². The number of Topliss-reactive ketones (excluding diaryl/α,β-unsaturated/α-hetero) is 3. The van der Waals surface area contributed by atoms with Gasteiger partial charge < -0.3 is 40.6 Å². The van der Waals surface area contributed by atoms with E-state index in [1.54, 1.807) is 48.6 Å². The number of carbonyl (C=O) groups is 6. The molecular formula is C85H95Cl3F2N4O12S3. The van der Waals surface area contributed by atoms with Crippen molar-refractivity contribution in [1.82, 2.24) is 19.9 Å². The SMILES string of the molecule is CC12C=CC(=O)C=C1CCC1C2[C@@H](O)CC2(C)C1CC[C@]2(O)C(=O)CSc1cc(Cl)c(Cl)cc1Cl.CC12C=CC(=O)C=C1CCC1C2[C@@H](O)CC2(C)C1CC[C@]2(O)C(=O)CSc1nc2cc(F)c(F)cc2[nH]1.Cc1cc2nc(SCC(=O)[C@@]3(O)CCC4C5CCC6=CC(=O)C=CC6(C)C5[C@@H](O)CC43C)[nH]c2cc1C. The Morgan fingerprint density at radius 3 is 1.21 bits per heavy atom. The lowest BCUT2D eigenvalue weighted by Gasteiger charge is -2.59. The minimum atomic E-state index is -1.59. The monoisotopic (exact) mass is 1600 g/mol. The molecule has 0 bridgehead atoms. The average Bonchev–Trinajstić information content (AvgIpc) is 1.63. The van der Waals surface area contributed by atoms with Crippen LogP contribution in [0.2, 0.25) is 15.1 Å². The molecule has 580 valence electrons. The number of nitrogens with zero attached hydrogens (tertiary/aromatic N) is 2. The minimum absolute atomic E-state index is 0.00600. The first-order chi connectivity index (χ1) is 51.3. The molecule has 21 atom stereocenters. The molecule has 9 fully saturated rings. The number of benzene rings is 3. The Labute approximate surface area is 661 Å². The van der Waals surface area contributed by atoms with E-state index >= 15 is 0 Å². The van der Waals surface area contributed by atoms with Crippen molar-refractivity contribution in [2.75, 3.05) is 17.3 Å². The van der Waals surface area contributed by atoms with Gasteiger partial charge in [-0.05, 0) is 218 Å². The van der Waals surface area contributed by atoms with Crippen LogP contribution in [0.3, 0.4) is 0 Å². The molecule has 0 saturated heterocycles. The quantitative estimate of drug-likeness (QED) is 0.0426. The highest BCUT2D eigenvalue weighted by Crippen LogP contribution is 2.71. The molecule has 2 aromatic heterocycles. The standard InChI is InChI=1S/C30H36N2O4S.C28H30F2N2O4S.C27H29Cl3O4S/c1-16-11-22-23(12-17(16)2)32-27(31-22)37-15-25(35)30(36)10-8-21-20-6-5-18-13-19(33)7-9-28(18,3)26(20)24(34)14-29(21,30)4;1-26-7-5-15(33)9-14(26)3-4-16-17-6-8-28(36,27(17,2)12-22(34)24(16)26)23(35)13-37-25-31-20-10-18(29)19(30)11-21(20)32-25;1-25-7-5-15(31)9-14(25)3-4-16-17-6-8-27(34,26(17,2)12-21(32)24(16)25)23(33)13-35-22-11-19(29)18(28)10-20(22)30/h7,9,11-13,20-21,24,26,34,36H,5-6,8,10,14-15H2,1-4H3,(H,31,32);5,7,9-11,16-17,22,24,34,36H,3-4,6,8,12-13H2,1-2H3,(H,31,32);5,7,9-11,16-17,21,24,32,34H,3-4,6,8,12-13H2,1-2H3/t20?,21?,24-,26?,28?,29?,30-;16?,17?,22-,24?,26?,27?,28-;16?,17?,21-,24?,25?,26?,27-/m000/s1. The molecule has 12 aliphatic carbocycles. The molecule has 12 aliphatic rings. The summed E-state index contributed by atoms with van der Waals surface area (Å²) >= 11 is 22.1. The second-order valence-electron chi connectivity index (χ2n) is 35.0. The predicted molar refractivity (Wildman–Crippen MR) is 419 cm³/mol. The third-order valence-corrected chi connectivity index (χ3v) is 33.9. The fraction of sp³-hybridized carbons (Fsp3) is 0.553. The van der Waals surface area contributed by atoms with Gasteiger partial charge in [-0.3, -0.25) is 28.8 Å². The van der Waals surface area contributed by atoms with Gasteiger partial charge in [0.1, 0.15) is 16.8 Å². The summed E-state index contributed by atoms with van der Waals surface area (Å²) in [6, 6.07) is 9.34. The number of H-pyrrole nitrogens is 2. The van der Waals surface area contributed by atoms with Crippen molar-refractivity contribution in [3.8, 4) is 0 Å². The molecule has 8 N–H and O–H groups in total. The van der Waals surface area contributed by atoms with Crippen molar-refractivity contribution in [2.45, 2.75) is 202 Å². The lowest BCUT2D eigenvalue weighted by molar-refractivity contribution is -0.175. The number of hydrogen-bond acceptors (Lipinski definition) is 17. The average molecular weight is 1610 g/mol. The summed E-state index contributed by atoms with van der Waals surface area (Å²) in [5, 5.41) is 72.4. The highest BCUT2D eigenvalue weighted by molar-refractivity contribution is 8.00. The van der Waals surface area contributed by atoms with Crippen LogP contribution in [-0.2, 0) is 28.8 Å². The second kappa shape index (κ2) is 28.3. The Balaban J connectivity index is 0.000000130. The predicted octanol–water partition coefficient (Wildman–Crippen LogP) is 15.7. The molecule has 0 spiro atoms. The molecule has 0 amide bonds. The van der Waals surface area contributed by atoms with Crippen LogP contribution in [0.5, 0.6) is 0 Å². The summed E-state index contributed by atoms with van der Waals surface area (Å²) < 4.78 is 27.1. The van der Waals surface area contributed by atoms with Crippen molar-refractivity contribution in [3.63, 3.8) is 0 Å². The van der Waals surface area contributed by atoms with Gasteiger partial charge in [-0.15, -0.1) is 11.8 Å². The number of aliphatic hydroxyl groups excluding tert-OH is 3. The number of imidazole rings is 2. The van der Waals surface area contributed by atoms with Crippen LogP contribution in [0.1, 0.15) is 149 Å². The number of halogens is 5. The molecule has 0 aliphatic heterocycles. The van der Waals surface area contributed by atoms with E-state index in [9.17, 15) is 68.2 Å². The summed E-state index contributed by atoms with van der Waals surface area (Å²) in [5.74, 6) is -1.84. The lowest BCUT2D eigenvalue weighted by Crippen LogP contribution is -2.61. The maximum Gasteiger partial charge on any atom is 0.178 e. The van der Waals surface area contributed by atoms with Crippen molar-refractivity contribution in [3.05, 3.63) is 146 Å². The number of thioether (sulfide) groups is 3. The zero-order chi connectivity index (χ0) is 78.0. The van der Waals surface area contributed by atoms with E-state index in [2.05, 4.69) is 60.6 Å². The molecule has 0 radical (unpaired) electrons. The van der Waals surface area contributed by atoms with E-state index < -0.39 is 68.4 Å². The number of fused-ring (bicyclic) bond motifs is 17. The van der Waals surface area contributed by atoms with Gasteiger partial charge >= 0.3 is 0 Å². The number of hydrogen-bond donors (Lipinski definition) is 8. The van der Waals surface area contributed by atoms with Crippen LogP contribution >= 0.6 is 70.1 Å². The van der Waals surface area contributed by atoms with Crippen LogP contribution in [0.15, 0.2) is 123 Å². The number of allylic oxidation sites excluding steroid dienone is 12. The van der Waals surface area contributed by atoms with E-state index in [0.717, 1.165) is 103 Å². The smallest absolute Gasteiger partial charge is 0.178 e. The first-order valence-electron chi connectivity index (χ1n) is 38.3. The summed E-state index contributed by atoms with van der Waals surface area (Å²) in [5.41, 5.74) is 0.166. The fourth-order valence-corrected chi connectivity index (χ4v) is 27.5. The van der Waals surface area contributed by atoms with Crippen LogP contribution in [0, 0.1) is 111 Å². The molecule has 109 heavy (non-hydrogen) atoms.